The lowest BCUT2D eigenvalue weighted by molar-refractivity contribution is -0.134. The molecule has 1 aliphatic rings. The Morgan fingerprint density at radius 1 is 1.12 bits per heavy atom. The van der Waals surface area contributed by atoms with Crippen LogP contribution in [0.5, 0.6) is 0 Å². The van der Waals surface area contributed by atoms with Crippen molar-refractivity contribution in [3.63, 3.8) is 0 Å². The number of hydrogen-bond acceptors (Lipinski definition) is 3. The quantitative estimate of drug-likeness (QED) is 0.792. The second-order valence-corrected chi connectivity index (χ2v) is 6.60. The van der Waals surface area contributed by atoms with E-state index in [-0.39, 0.29) is 6.54 Å². The van der Waals surface area contributed by atoms with E-state index in [1.54, 1.807) is 31.2 Å². The number of halogens is 1. The Morgan fingerprint density at radius 2 is 1.77 bits per heavy atom. The summed E-state index contributed by atoms with van der Waals surface area (Å²) in [5.74, 6) is -0.925. The summed E-state index contributed by atoms with van der Waals surface area (Å²) in [6, 6.07) is 15.6. The van der Waals surface area contributed by atoms with Crippen molar-refractivity contribution in [1.82, 2.24) is 15.5 Å². The van der Waals surface area contributed by atoms with E-state index in [9.17, 15) is 14.4 Å². The van der Waals surface area contributed by atoms with E-state index < -0.39 is 23.4 Å². The van der Waals surface area contributed by atoms with Gasteiger partial charge < -0.3 is 10.6 Å². The van der Waals surface area contributed by atoms with Crippen molar-refractivity contribution < 1.29 is 14.4 Å². The molecule has 0 bridgehead atoms. The lowest BCUT2D eigenvalue weighted by Gasteiger charge is -2.23. The molecule has 26 heavy (non-hydrogen) atoms. The van der Waals surface area contributed by atoms with E-state index in [1.165, 1.54) is 0 Å². The van der Waals surface area contributed by atoms with Crippen LogP contribution in [0.2, 0.25) is 5.02 Å². The van der Waals surface area contributed by atoms with Crippen molar-refractivity contribution in [2.24, 2.45) is 0 Å². The fourth-order valence-electron chi connectivity index (χ4n) is 2.89. The fraction of sp³-hybridized carbons (Fsp3) is 0.211. The Balaban J connectivity index is 1.69. The number of nitrogens with zero attached hydrogens (tertiary/aromatic N) is 1. The van der Waals surface area contributed by atoms with Gasteiger partial charge in [-0.3, -0.25) is 14.5 Å². The number of amides is 4. The average molecular weight is 372 g/mol. The molecule has 4 amide bonds. The van der Waals surface area contributed by atoms with E-state index in [0.717, 1.165) is 10.5 Å². The number of urea groups is 1. The molecular formula is C19H18ClN3O3. The molecule has 7 heteroatoms. The maximum atomic E-state index is 12.8. The predicted octanol–water partition coefficient (Wildman–Crippen LogP) is 2.42. The van der Waals surface area contributed by atoms with Crippen LogP contribution in [0.4, 0.5) is 4.79 Å². The largest absolute Gasteiger partial charge is 0.350 e. The first-order chi connectivity index (χ1) is 12.4. The summed E-state index contributed by atoms with van der Waals surface area (Å²) in [5, 5.41) is 5.72. The van der Waals surface area contributed by atoms with Crippen LogP contribution >= 0.6 is 11.6 Å². The lowest BCUT2D eigenvalue weighted by atomic mass is 9.92. The van der Waals surface area contributed by atoms with Gasteiger partial charge in [-0.1, -0.05) is 60.1 Å². The Kier molecular flexibility index (Phi) is 4.95. The van der Waals surface area contributed by atoms with Gasteiger partial charge in [0.15, 0.2) is 0 Å². The van der Waals surface area contributed by atoms with Gasteiger partial charge in [-0.05, 0) is 18.6 Å². The van der Waals surface area contributed by atoms with E-state index in [4.69, 9.17) is 11.6 Å². The van der Waals surface area contributed by atoms with Gasteiger partial charge in [-0.25, -0.2) is 4.79 Å². The Bertz CT molecular complexity index is 856. The van der Waals surface area contributed by atoms with Crippen LogP contribution in [0, 0.1) is 0 Å². The second-order valence-electron chi connectivity index (χ2n) is 6.19. The highest BCUT2D eigenvalue weighted by molar-refractivity contribution is 6.32. The summed E-state index contributed by atoms with van der Waals surface area (Å²) in [6.45, 7) is 1.55. The molecule has 3 rings (SSSR count). The van der Waals surface area contributed by atoms with Crippen molar-refractivity contribution in [2.45, 2.75) is 19.0 Å². The van der Waals surface area contributed by atoms with Crippen LogP contribution in [-0.2, 0) is 21.7 Å². The van der Waals surface area contributed by atoms with Gasteiger partial charge in [0.2, 0.25) is 5.91 Å². The number of carbonyl (C=O) groups is 3. The molecule has 0 radical (unpaired) electrons. The monoisotopic (exact) mass is 371 g/mol. The number of benzene rings is 2. The minimum Gasteiger partial charge on any atom is -0.350 e. The van der Waals surface area contributed by atoms with Crippen molar-refractivity contribution in [3.05, 3.63) is 70.7 Å². The molecule has 1 aliphatic heterocycles. The van der Waals surface area contributed by atoms with Crippen molar-refractivity contribution in [1.29, 1.82) is 0 Å². The fourth-order valence-corrected chi connectivity index (χ4v) is 3.21. The Morgan fingerprint density at radius 3 is 2.46 bits per heavy atom. The summed E-state index contributed by atoms with van der Waals surface area (Å²) < 4.78 is 0. The minimum absolute atomic E-state index is 0.325. The van der Waals surface area contributed by atoms with E-state index in [1.807, 2.05) is 30.3 Å². The smallest absolute Gasteiger partial charge is 0.325 e. The summed E-state index contributed by atoms with van der Waals surface area (Å²) in [6.07, 6.45) is 0. The van der Waals surface area contributed by atoms with Gasteiger partial charge in [-0.2, -0.15) is 0 Å². The third-order valence-electron chi connectivity index (χ3n) is 4.32. The molecule has 1 atom stereocenters. The third-order valence-corrected chi connectivity index (χ3v) is 4.65. The molecule has 1 saturated heterocycles. The van der Waals surface area contributed by atoms with E-state index in [2.05, 4.69) is 10.6 Å². The lowest BCUT2D eigenvalue weighted by Crippen LogP contribution is -2.43. The number of imide groups is 1. The summed E-state index contributed by atoms with van der Waals surface area (Å²) in [5.41, 5.74) is 0.126. The Labute approximate surface area is 156 Å². The van der Waals surface area contributed by atoms with Crippen LogP contribution in [0.3, 0.4) is 0 Å². The van der Waals surface area contributed by atoms with Gasteiger partial charge in [0, 0.05) is 17.1 Å². The zero-order chi connectivity index (χ0) is 18.7. The van der Waals surface area contributed by atoms with E-state index >= 15 is 0 Å². The first kappa shape index (κ1) is 17.9. The number of hydrogen-bond donors (Lipinski definition) is 2. The van der Waals surface area contributed by atoms with Crippen LogP contribution in [-0.4, -0.2) is 29.3 Å². The van der Waals surface area contributed by atoms with Crippen LogP contribution in [0.15, 0.2) is 54.6 Å². The molecule has 6 nitrogen and oxygen atoms in total. The topological polar surface area (TPSA) is 78.5 Å². The second kappa shape index (κ2) is 7.17. The molecule has 0 aromatic heterocycles. The normalized spacial score (nSPS) is 19.4. The molecule has 0 aliphatic carbocycles. The highest BCUT2D eigenvalue weighted by atomic mass is 35.5. The highest BCUT2D eigenvalue weighted by Crippen LogP contribution is 2.33. The number of nitrogens with one attached hydrogen (secondary N) is 2. The van der Waals surface area contributed by atoms with Crippen LogP contribution in [0.25, 0.3) is 0 Å². The highest BCUT2D eigenvalue weighted by Gasteiger charge is 2.50. The molecule has 1 fully saturated rings. The van der Waals surface area contributed by atoms with Gasteiger partial charge >= 0.3 is 6.03 Å². The zero-order valence-corrected chi connectivity index (χ0v) is 14.9. The molecular weight excluding hydrogens is 354 g/mol. The molecule has 0 saturated carbocycles. The first-order valence-corrected chi connectivity index (χ1v) is 8.49. The average Bonchev–Trinajstić information content (AvgIpc) is 2.85. The standard InChI is InChI=1S/C19H18ClN3O3/c1-19(14-9-5-6-10-15(14)20)17(25)23(18(26)22-19)12-16(24)21-11-13-7-3-2-4-8-13/h2-10H,11-12H2,1H3,(H,21,24)(H,22,26)/t19-/m1/s1. The zero-order valence-electron chi connectivity index (χ0n) is 14.2. The van der Waals surface area contributed by atoms with Crippen molar-refractivity contribution in [2.75, 3.05) is 6.54 Å². The molecule has 2 aromatic rings. The molecule has 0 spiro atoms. The Hall–Kier alpha value is -2.86. The van der Waals surface area contributed by atoms with E-state index in [0.29, 0.717) is 17.1 Å². The predicted molar refractivity (Wildman–Crippen MR) is 97.3 cm³/mol. The van der Waals surface area contributed by atoms with Gasteiger partial charge in [0.25, 0.3) is 5.91 Å². The summed E-state index contributed by atoms with van der Waals surface area (Å²) >= 11 is 6.18. The van der Waals surface area contributed by atoms with Crippen molar-refractivity contribution >= 4 is 29.4 Å². The van der Waals surface area contributed by atoms with Crippen LogP contribution < -0.4 is 10.6 Å². The molecule has 1 heterocycles. The maximum Gasteiger partial charge on any atom is 0.325 e. The number of carbonyl (C=O) groups excluding carboxylic acids is 3. The SMILES string of the molecule is C[C@]1(c2ccccc2Cl)NC(=O)N(CC(=O)NCc2ccccc2)C1=O. The molecule has 2 aromatic carbocycles. The molecule has 0 unspecified atom stereocenters. The van der Waals surface area contributed by atoms with Crippen LogP contribution in [0.1, 0.15) is 18.1 Å². The van der Waals surface area contributed by atoms with Gasteiger partial charge in [-0.15, -0.1) is 0 Å². The summed E-state index contributed by atoms with van der Waals surface area (Å²) in [4.78, 5) is 38.1. The first-order valence-electron chi connectivity index (χ1n) is 8.11. The minimum atomic E-state index is -1.30. The van der Waals surface area contributed by atoms with Crippen molar-refractivity contribution in [3.8, 4) is 0 Å². The third kappa shape index (κ3) is 3.41. The molecule has 2 N–H and O–H groups in total. The summed E-state index contributed by atoms with van der Waals surface area (Å²) in [7, 11) is 0. The maximum absolute atomic E-state index is 12.8. The number of rotatable bonds is 5. The van der Waals surface area contributed by atoms with Gasteiger partial charge in [0.1, 0.15) is 12.1 Å². The van der Waals surface area contributed by atoms with Gasteiger partial charge in [0.05, 0.1) is 0 Å². The molecule has 134 valence electrons.